The maximum atomic E-state index is 11.0. The van der Waals surface area contributed by atoms with Gasteiger partial charge in [0.2, 0.25) is 0 Å². The normalized spacial score (nSPS) is 12.8. The first-order chi connectivity index (χ1) is 7.56. The summed E-state index contributed by atoms with van der Waals surface area (Å²) in [7, 11) is 0. The summed E-state index contributed by atoms with van der Waals surface area (Å²) >= 11 is 1.02. The van der Waals surface area contributed by atoms with Gasteiger partial charge in [0.25, 0.3) is 0 Å². The summed E-state index contributed by atoms with van der Waals surface area (Å²) in [6.07, 6.45) is 0.213. The molecule has 0 radical (unpaired) electrons. The van der Waals surface area contributed by atoms with Crippen LogP contribution in [-0.2, 0) is 11.2 Å². The third kappa shape index (κ3) is 2.12. The Labute approximate surface area is 94.1 Å². The summed E-state index contributed by atoms with van der Waals surface area (Å²) in [4.78, 5) is 21.2. The molecule has 2 rings (SSSR count). The van der Waals surface area contributed by atoms with Crippen LogP contribution in [0.4, 0.5) is 0 Å². The predicted octanol–water partition coefficient (Wildman–Crippen LogP) is 0.809. The van der Waals surface area contributed by atoms with E-state index in [-0.39, 0.29) is 11.4 Å². The van der Waals surface area contributed by atoms with Crippen LogP contribution in [0.2, 0.25) is 0 Å². The smallest absolute Gasteiger partial charge is 0.396 e. The van der Waals surface area contributed by atoms with Crippen molar-refractivity contribution in [2.75, 3.05) is 0 Å². The fraction of sp³-hybridized carbons (Fsp3) is 0.200. The Morgan fingerprint density at radius 3 is 3.00 bits per heavy atom. The first-order valence-corrected chi connectivity index (χ1v) is 5.39. The lowest BCUT2D eigenvalue weighted by Crippen LogP contribution is -2.32. The second-order valence-electron chi connectivity index (χ2n) is 3.38. The number of rotatable bonds is 3. The SMILES string of the molecule is NC(Cc1ccc2sc(=O)oc2c1)C(=O)O. The van der Waals surface area contributed by atoms with E-state index < -0.39 is 12.0 Å². The average molecular weight is 239 g/mol. The second-order valence-corrected chi connectivity index (χ2v) is 4.36. The standard InChI is InChI=1S/C10H9NO4S/c11-6(9(12)13)3-5-1-2-8-7(4-5)15-10(14)16-8/h1-2,4,6H,3,11H2,(H,12,13). The molecule has 1 unspecified atom stereocenters. The first-order valence-electron chi connectivity index (χ1n) is 4.57. The molecule has 6 heteroatoms. The third-order valence-corrected chi connectivity index (χ3v) is 2.97. The molecule has 0 amide bonds. The second kappa shape index (κ2) is 4.07. The van der Waals surface area contributed by atoms with Gasteiger partial charge in [0.15, 0.2) is 0 Å². The van der Waals surface area contributed by atoms with Gasteiger partial charge >= 0.3 is 10.9 Å². The molecule has 0 saturated heterocycles. The van der Waals surface area contributed by atoms with Crippen molar-refractivity contribution in [2.45, 2.75) is 12.5 Å². The summed E-state index contributed by atoms with van der Waals surface area (Å²) in [6, 6.07) is 4.18. The van der Waals surface area contributed by atoms with E-state index in [2.05, 4.69) is 0 Å². The van der Waals surface area contributed by atoms with Crippen LogP contribution in [0.5, 0.6) is 0 Å². The van der Waals surface area contributed by atoms with Crippen LogP contribution < -0.4 is 10.7 Å². The lowest BCUT2D eigenvalue weighted by atomic mass is 10.1. The van der Waals surface area contributed by atoms with E-state index in [1.807, 2.05) is 0 Å². The van der Waals surface area contributed by atoms with Crippen LogP contribution in [0, 0.1) is 0 Å². The van der Waals surface area contributed by atoms with E-state index in [1.165, 1.54) is 0 Å². The number of hydrogen-bond acceptors (Lipinski definition) is 5. The van der Waals surface area contributed by atoms with Gasteiger partial charge in [-0.3, -0.25) is 4.79 Å². The summed E-state index contributed by atoms with van der Waals surface area (Å²) in [5.74, 6) is -1.05. The molecular formula is C10H9NO4S. The van der Waals surface area contributed by atoms with Gasteiger partial charge in [0, 0.05) is 0 Å². The zero-order valence-corrected chi connectivity index (χ0v) is 8.99. The van der Waals surface area contributed by atoms with Crippen LogP contribution in [0.3, 0.4) is 0 Å². The Hall–Kier alpha value is -1.66. The van der Waals surface area contributed by atoms with E-state index >= 15 is 0 Å². The minimum Gasteiger partial charge on any atom is -0.480 e. The maximum absolute atomic E-state index is 11.0. The zero-order chi connectivity index (χ0) is 11.7. The van der Waals surface area contributed by atoms with E-state index in [0.717, 1.165) is 21.6 Å². The van der Waals surface area contributed by atoms with Crippen molar-refractivity contribution in [3.8, 4) is 0 Å². The highest BCUT2D eigenvalue weighted by Gasteiger charge is 2.13. The molecule has 1 atom stereocenters. The van der Waals surface area contributed by atoms with E-state index in [4.69, 9.17) is 15.3 Å². The topological polar surface area (TPSA) is 93.5 Å². The van der Waals surface area contributed by atoms with Crippen LogP contribution in [0.15, 0.2) is 27.4 Å². The van der Waals surface area contributed by atoms with Crippen LogP contribution >= 0.6 is 11.3 Å². The van der Waals surface area contributed by atoms with Crippen molar-refractivity contribution in [2.24, 2.45) is 5.73 Å². The molecule has 1 aromatic carbocycles. The molecule has 5 nitrogen and oxygen atoms in total. The monoisotopic (exact) mass is 239 g/mol. The molecule has 16 heavy (non-hydrogen) atoms. The number of benzene rings is 1. The van der Waals surface area contributed by atoms with Crippen molar-refractivity contribution >= 4 is 27.6 Å². The van der Waals surface area contributed by atoms with E-state index in [1.54, 1.807) is 18.2 Å². The Morgan fingerprint density at radius 1 is 1.56 bits per heavy atom. The summed E-state index contributed by atoms with van der Waals surface area (Å²) < 4.78 is 5.67. The Bertz CT molecular complexity index is 586. The van der Waals surface area contributed by atoms with Crippen LogP contribution in [0.25, 0.3) is 10.3 Å². The maximum Gasteiger partial charge on any atom is 0.396 e. The van der Waals surface area contributed by atoms with Crippen LogP contribution in [-0.4, -0.2) is 17.1 Å². The summed E-state index contributed by atoms with van der Waals surface area (Å²) in [5.41, 5.74) is 6.63. The molecule has 0 aliphatic rings. The Kier molecular flexibility index (Phi) is 2.76. The van der Waals surface area contributed by atoms with Crippen molar-refractivity contribution < 1.29 is 14.3 Å². The Balaban J connectivity index is 2.32. The van der Waals surface area contributed by atoms with E-state index in [9.17, 15) is 9.59 Å². The highest BCUT2D eigenvalue weighted by atomic mass is 32.1. The lowest BCUT2D eigenvalue weighted by Gasteiger charge is -2.05. The predicted molar refractivity (Wildman–Crippen MR) is 59.7 cm³/mol. The third-order valence-electron chi connectivity index (χ3n) is 2.17. The lowest BCUT2D eigenvalue weighted by molar-refractivity contribution is -0.138. The molecule has 0 aliphatic heterocycles. The number of nitrogens with two attached hydrogens (primary N) is 1. The Morgan fingerprint density at radius 2 is 2.31 bits per heavy atom. The first kappa shape index (κ1) is 10.8. The largest absolute Gasteiger partial charge is 0.480 e. The highest BCUT2D eigenvalue weighted by Crippen LogP contribution is 2.18. The van der Waals surface area contributed by atoms with Gasteiger partial charge in [-0.15, -0.1) is 0 Å². The summed E-state index contributed by atoms with van der Waals surface area (Å²) in [5, 5.41) is 8.66. The molecular weight excluding hydrogens is 230 g/mol. The van der Waals surface area contributed by atoms with Crippen molar-refractivity contribution in [3.05, 3.63) is 33.5 Å². The van der Waals surface area contributed by atoms with Crippen molar-refractivity contribution in [1.82, 2.24) is 0 Å². The minimum atomic E-state index is -1.05. The molecule has 2 aromatic rings. The van der Waals surface area contributed by atoms with Crippen LogP contribution in [0.1, 0.15) is 5.56 Å². The van der Waals surface area contributed by atoms with Gasteiger partial charge in [0.05, 0.1) is 4.70 Å². The van der Waals surface area contributed by atoms with E-state index in [0.29, 0.717) is 5.58 Å². The van der Waals surface area contributed by atoms with Gasteiger partial charge < -0.3 is 15.3 Å². The molecule has 0 saturated carbocycles. The zero-order valence-electron chi connectivity index (χ0n) is 8.17. The number of carbonyl (C=O) groups is 1. The number of carboxylic acids is 1. The van der Waals surface area contributed by atoms with Gasteiger partial charge in [-0.1, -0.05) is 17.4 Å². The summed E-state index contributed by atoms with van der Waals surface area (Å²) in [6.45, 7) is 0. The van der Waals surface area contributed by atoms with Gasteiger partial charge in [0.1, 0.15) is 11.6 Å². The molecule has 0 bridgehead atoms. The van der Waals surface area contributed by atoms with Gasteiger partial charge in [-0.2, -0.15) is 0 Å². The minimum absolute atomic E-state index is 0.213. The number of carboxylic acid groups (broad SMARTS) is 1. The number of fused-ring (bicyclic) bond motifs is 1. The number of aliphatic carboxylic acids is 1. The number of hydrogen-bond donors (Lipinski definition) is 2. The van der Waals surface area contributed by atoms with Crippen molar-refractivity contribution in [1.29, 1.82) is 0 Å². The molecule has 0 spiro atoms. The fourth-order valence-corrected chi connectivity index (χ4v) is 2.03. The molecule has 1 aromatic heterocycles. The average Bonchev–Trinajstić information content (AvgIpc) is 2.57. The fourth-order valence-electron chi connectivity index (χ4n) is 1.39. The molecule has 84 valence electrons. The highest BCUT2D eigenvalue weighted by molar-refractivity contribution is 7.16. The molecule has 1 heterocycles. The molecule has 3 N–H and O–H groups in total. The van der Waals surface area contributed by atoms with Crippen molar-refractivity contribution in [3.63, 3.8) is 0 Å². The molecule has 0 aliphatic carbocycles. The molecule has 0 fully saturated rings. The quantitative estimate of drug-likeness (QED) is 0.826. The van der Waals surface area contributed by atoms with Gasteiger partial charge in [-0.25, -0.2) is 4.79 Å². The van der Waals surface area contributed by atoms with Gasteiger partial charge in [-0.05, 0) is 24.1 Å².